The molecule has 1 aliphatic heterocycles. The van der Waals surface area contributed by atoms with Crippen LogP contribution in [0.25, 0.3) is 0 Å². The molecule has 7 heteroatoms. The van der Waals surface area contributed by atoms with E-state index in [0.29, 0.717) is 12.2 Å². The lowest BCUT2D eigenvalue weighted by Gasteiger charge is -2.31. The van der Waals surface area contributed by atoms with Crippen molar-refractivity contribution in [3.05, 3.63) is 24.3 Å². The van der Waals surface area contributed by atoms with E-state index >= 15 is 0 Å². The highest BCUT2D eigenvalue weighted by Gasteiger charge is 2.31. The first-order valence-corrected chi connectivity index (χ1v) is 8.83. The molecule has 0 atom stereocenters. The van der Waals surface area contributed by atoms with Crippen LogP contribution < -0.4 is 10.3 Å². The van der Waals surface area contributed by atoms with E-state index in [2.05, 4.69) is 5.32 Å². The molecule has 1 saturated heterocycles. The van der Waals surface area contributed by atoms with Gasteiger partial charge in [0.2, 0.25) is 0 Å². The van der Waals surface area contributed by atoms with Crippen LogP contribution in [0.2, 0.25) is 0 Å². The van der Waals surface area contributed by atoms with Crippen molar-refractivity contribution in [2.24, 2.45) is 0 Å². The largest absolute Gasteiger partial charge is 0.444 e. The van der Waals surface area contributed by atoms with Gasteiger partial charge in [-0.05, 0) is 72.2 Å². The highest BCUT2D eigenvalue weighted by molar-refractivity contribution is 5.85. The van der Waals surface area contributed by atoms with Crippen LogP contribution in [0, 0.1) is 0 Å². The van der Waals surface area contributed by atoms with E-state index in [1.54, 1.807) is 17.1 Å². The van der Waals surface area contributed by atoms with Crippen LogP contribution in [-0.2, 0) is 9.47 Å². The van der Waals surface area contributed by atoms with Crippen LogP contribution >= 0.6 is 0 Å². The Hall–Kier alpha value is -2.44. The SMILES string of the molecule is CC(C)(C)OC(=O)Nc1ccc(N2CCCN2C(=O)OC(C)(C)C)cc1. The Bertz CT molecular complexity index is 644. The molecule has 144 valence electrons. The lowest BCUT2D eigenvalue weighted by atomic mass is 10.2. The predicted molar refractivity (Wildman–Crippen MR) is 101 cm³/mol. The number of amides is 2. The number of carbonyl (C=O) groups is 2. The second kappa shape index (κ2) is 7.43. The molecule has 7 nitrogen and oxygen atoms in total. The van der Waals surface area contributed by atoms with Crippen LogP contribution in [0.5, 0.6) is 0 Å². The number of nitrogens with zero attached hydrogens (tertiary/aromatic N) is 2. The number of carbonyl (C=O) groups excluding carboxylic acids is 2. The minimum Gasteiger partial charge on any atom is -0.444 e. The van der Waals surface area contributed by atoms with Crippen LogP contribution in [0.15, 0.2) is 24.3 Å². The minimum absolute atomic E-state index is 0.356. The van der Waals surface area contributed by atoms with E-state index in [1.165, 1.54) is 0 Å². The summed E-state index contributed by atoms with van der Waals surface area (Å²) in [5.74, 6) is 0. The molecule has 1 aromatic carbocycles. The Morgan fingerprint density at radius 3 is 2.04 bits per heavy atom. The van der Waals surface area contributed by atoms with Gasteiger partial charge in [0, 0.05) is 18.8 Å². The molecule has 0 bridgehead atoms. The molecule has 1 heterocycles. The lowest BCUT2D eigenvalue weighted by molar-refractivity contribution is 0.0274. The maximum Gasteiger partial charge on any atom is 0.429 e. The first-order valence-electron chi connectivity index (χ1n) is 8.83. The second-order valence-corrected chi connectivity index (χ2v) is 8.25. The van der Waals surface area contributed by atoms with Crippen molar-refractivity contribution in [2.45, 2.75) is 59.2 Å². The fourth-order valence-corrected chi connectivity index (χ4v) is 2.52. The maximum absolute atomic E-state index is 12.4. The second-order valence-electron chi connectivity index (χ2n) is 8.25. The first kappa shape index (κ1) is 19.9. The summed E-state index contributed by atoms with van der Waals surface area (Å²) in [6.45, 7) is 12.3. The van der Waals surface area contributed by atoms with Gasteiger partial charge in [0.05, 0.1) is 5.69 Å². The molecule has 0 aliphatic carbocycles. The number of hydrazine groups is 1. The summed E-state index contributed by atoms with van der Waals surface area (Å²) in [5, 5.41) is 6.20. The molecular weight excluding hydrogens is 334 g/mol. The summed E-state index contributed by atoms with van der Waals surface area (Å²) in [6, 6.07) is 7.28. The molecule has 1 N–H and O–H groups in total. The van der Waals surface area contributed by atoms with Gasteiger partial charge in [0.15, 0.2) is 0 Å². The normalized spacial score (nSPS) is 15.0. The Balaban J connectivity index is 2.03. The maximum atomic E-state index is 12.4. The number of rotatable bonds is 2. The average Bonchev–Trinajstić information content (AvgIpc) is 2.93. The number of benzene rings is 1. The first-order chi connectivity index (χ1) is 11.9. The standard InChI is InChI=1S/C19H29N3O4/c1-18(2,3)25-16(23)20-14-8-10-15(11-9-14)21-12-7-13-22(21)17(24)26-19(4,5)6/h8-11H,7,12-13H2,1-6H3,(H,20,23). The summed E-state index contributed by atoms with van der Waals surface area (Å²) < 4.78 is 10.7. The molecule has 1 aliphatic rings. The van der Waals surface area contributed by atoms with E-state index in [1.807, 2.05) is 58.7 Å². The van der Waals surface area contributed by atoms with Crippen LogP contribution in [0.3, 0.4) is 0 Å². The van der Waals surface area contributed by atoms with Crippen molar-refractivity contribution in [3.8, 4) is 0 Å². The molecule has 0 spiro atoms. The highest BCUT2D eigenvalue weighted by atomic mass is 16.6. The van der Waals surface area contributed by atoms with Crippen molar-refractivity contribution in [1.29, 1.82) is 0 Å². The van der Waals surface area contributed by atoms with Gasteiger partial charge in [0.25, 0.3) is 0 Å². The lowest BCUT2D eigenvalue weighted by Crippen LogP contribution is -2.44. The monoisotopic (exact) mass is 363 g/mol. The number of ether oxygens (including phenoxy) is 2. The fourth-order valence-electron chi connectivity index (χ4n) is 2.52. The minimum atomic E-state index is -0.548. The Labute approximate surface area is 155 Å². The van der Waals surface area contributed by atoms with Crippen molar-refractivity contribution in [2.75, 3.05) is 23.4 Å². The van der Waals surface area contributed by atoms with E-state index < -0.39 is 17.3 Å². The smallest absolute Gasteiger partial charge is 0.429 e. The third kappa shape index (κ3) is 5.82. The molecule has 2 amide bonds. The van der Waals surface area contributed by atoms with Gasteiger partial charge in [0.1, 0.15) is 11.2 Å². The summed E-state index contributed by atoms with van der Waals surface area (Å²) in [4.78, 5) is 24.2. The van der Waals surface area contributed by atoms with Gasteiger partial charge in [-0.15, -0.1) is 0 Å². The Morgan fingerprint density at radius 1 is 0.923 bits per heavy atom. The summed E-state index contributed by atoms with van der Waals surface area (Å²) in [6.07, 6.45) is 0.0183. The summed E-state index contributed by atoms with van der Waals surface area (Å²) in [7, 11) is 0. The third-order valence-electron chi connectivity index (χ3n) is 3.45. The number of hydrogen-bond acceptors (Lipinski definition) is 5. The van der Waals surface area contributed by atoms with Gasteiger partial charge >= 0.3 is 12.2 Å². The number of anilines is 2. The number of hydrogen-bond donors (Lipinski definition) is 1. The van der Waals surface area contributed by atoms with Crippen molar-refractivity contribution < 1.29 is 19.1 Å². The van der Waals surface area contributed by atoms with Gasteiger partial charge in [-0.25, -0.2) is 14.6 Å². The summed E-state index contributed by atoms with van der Waals surface area (Å²) >= 11 is 0. The molecule has 0 unspecified atom stereocenters. The zero-order valence-corrected chi connectivity index (χ0v) is 16.5. The molecule has 0 saturated carbocycles. The van der Waals surface area contributed by atoms with Gasteiger partial charge in [-0.1, -0.05) is 0 Å². The van der Waals surface area contributed by atoms with Crippen molar-refractivity contribution in [3.63, 3.8) is 0 Å². The Morgan fingerprint density at radius 2 is 1.50 bits per heavy atom. The fraction of sp³-hybridized carbons (Fsp3) is 0.579. The zero-order chi connectivity index (χ0) is 19.5. The molecule has 26 heavy (non-hydrogen) atoms. The predicted octanol–water partition coefficient (Wildman–Crippen LogP) is 4.40. The van der Waals surface area contributed by atoms with Crippen LogP contribution in [0.4, 0.5) is 21.0 Å². The van der Waals surface area contributed by atoms with Gasteiger partial charge < -0.3 is 9.47 Å². The van der Waals surface area contributed by atoms with E-state index in [-0.39, 0.29) is 6.09 Å². The topological polar surface area (TPSA) is 71.1 Å². The molecule has 0 radical (unpaired) electrons. The van der Waals surface area contributed by atoms with Crippen LogP contribution in [-0.4, -0.2) is 41.5 Å². The number of nitrogens with one attached hydrogen (secondary N) is 1. The van der Waals surface area contributed by atoms with Gasteiger partial charge in [-0.2, -0.15) is 0 Å². The van der Waals surface area contributed by atoms with E-state index in [4.69, 9.17) is 9.47 Å². The van der Waals surface area contributed by atoms with Gasteiger partial charge in [-0.3, -0.25) is 10.3 Å². The molecule has 0 aromatic heterocycles. The van der Waals surface area contributed by atoms with E-state index in [9.17, 15) is 9.59 Å². The molecular formula is C19H29N3O4. The Kier molecular flexibility index (Phi) is 5.68. The van der Waals surface area contributed by atoms with Crippen molar-refractivity contribution >= 4 is 23.6 Å². The summed E-state index contributed by atoms with van der Waals surface area (Å²) in [5.41, 5.74) is 0.411. The zero-order valence-electron chi connectivity index (χ0n) is 16.5. The quantitative estimate of drug-likeness (QED) is 0.843. The molecule has 1 fully saturated rings. The highest BCUT2D eigenvalue weighted by Crippen LogP contribution is 2.25. The van der Waals surface area contributed by atoms with Crippen molar-refractivity contribution in [1.82, 2.24) is 5.01 Å². The molecule has 2 rings (SSSR count). The molecule has 1 aromatic rings. The average molecular weight is 363 g/mol. The third-order valence-corrected chi connectivity index (χ3v) is 3.45. The van der Waals surface area contributed by atoms with Crippen LogP contribution in [0.1, 0.15) is 48.0 Å². The van der Waals surface area contributed by atoms with E-state index in [0.717, 1.165) is 18.7 Å².